The average molecular weight is 412 g/mol. The molecule has 0 N–H and O–H groups in total. The zero-order chi connectivity index (χ0) is 20.2. The fourth-order valence-electron chi connectivity index (χ4n) is 4.47. The van der Waals surface area contributed by atoms with Crippen LogP contribution in [-0.2, 0) is 11.3 Å². The summed E-state index contributed by atoms with van der Waals surface area (Å²) in [7, 11) is 1.87. The molecule has 0 aliphatic carbocycles. The summed E-state index contributed by atoms with van der Waals surface area (Å²) in [5, 5.41) is 1.91. The van der Waals surface area contributed by atoms with Crippen molar-refractivity contribution in [1.82, 2.24) is 9.80 Å². The SMILES string of the molecule is CN(Cc1ccccc1N1CCCC1)C(=O)C1CCCCN1C(=O)c1cccs1. The summed E-state index contributed by atoms with van der Waals surface area (Å²) in [6, 6.07) is 11.8. The number of para-hydroxylation sites is 1. The summed E-state index contributed by atoms with van der Waals surface area (Å²) in [4.78, 5) is 33.0. The second kappa shape index (κ2) is 8.99. The molecular weight excluding hydrogens is 382 g/mol. The lowest BCUT2D eigenvalue weighted by molar-refractivity contribution is -0.136. The van der Waals surface area contributed by atoms with Crippen molar-refractivity contribution in [3.8, 4) is 0 Å². The molecule has 2 saturated heterocycles. The van der Waals surface area contributed by atoms with E-state index < -0.39 is 0 Å². The molecule has 5 nitrogen and oxygen atoms in total. The molecule has 1 unspecified atom stereocenters. The van der Waals surface area contributed by atoms with Crippen molar-refractivity contribution >= 4 is 28.8 Å². The predicted octanol–water partition coefficient (Wildman–Crippen LogP) is 4.00. The average Bonchev–Trinajstić information content (AvgIpc) is 3.47. The summed E-state index contributed by atoms with van der Waals surface area (Å²) < 4.78 is 0. The molecule has 154 valence electrons. The Labute approximate surface area is 176 Å². The standard InChI is InChI=1S/C23H29N3O2S/c1-24(17-18-9-2-3-10-19(18)25-13-6-7-14-25)22(27)20-11-4-5-15-26(20)23(28)21-12-8-16-29-21/h2-3,8-10,12,16,20H,4-7,11,13-15,17H2,1H3. The van der Waals surface area contributed by atoms with Crippen LogP contribution in [0.15, 0.2) is 41.8 Å². The number of carbonyl (C=O) groups excluding carboxylic acids is 2. The summed E-state index contributed by atoms with van der Waals surface area (Å²) >= 11 is 1.44. The first-order valence-electron chi connectivity index (χ1n) is 10.6. The highest BCUT2D eigenvalue weighted by atomic mass is 32.1. The van der Waals surface area contributed by atoms with Crippen LogP contribution in [0.25, 0.3) is 0 Å². The molecule has 1 atom stereocenters. The van der Waals surface area contributed by atoms with E-state index in [1.165, 1.54) is 35.4 Å². The minimum Gasteiger partial charge on any atom is -0.371 e. The van der Waals surface area contributed by atoms with Gasteiger partial charge in [-0.3, -0.25) is 9.59 Å². The number of benzene rings is 1. The van der Waals surface area contributed by atoms with Crippen LogP contribution < -0.4 is 4.90 Å². The third-order valence-corrected chi connectivity index (χ3v) is 6.86. The number of nitrogens with zero attached hydrogens (tertiary/aromatic N) is 3. The van der Waals surface area contributed by atoms with Gasteiger partial charge in [0.05, 0.1) is 4.88 Å². The van der Waals surface area contributed by atoms with Crippen LogP contribution in [0, 0.1) is 0 Å². The van der Waals surface area contributed by atoms with Crippen molar-refractivity contribution < 1.29 is 9.59 Å². The van der Waals surface area contributed by atoms with Gasteiger partial charge in [-0.05, 0) is 55.2 Å². The Hall–Kier alpha value is -2.34. The van der Waals surface area contributed by atoms with Gasteiger partial charge in [0.2, 0.25) is 5.91 Å². The zero-order valence-electron chi connectivity index (χ0n) is 17.0. The molecule has 4 rings (SSSR count). The van der Waals surface area contributed by atoms with Crippen LogP contribution in [0.2, 0.25) is 0 Å². The fraction of sp³-hybridized carbons (Fsp3) is 0.478. The maximum Gasteiger partial charge on any atom is 0.264 e. The van der Waals surface area contributed by atoms with E-state index >= 15 is 0 Å². The van der Waals surface area contributed by atoms with E-state index in [9.17, 15) is 9.59 Å². The largest absolute Gasteiger partial charge is 0.371 e. The Balaban J connectivity index is 1.49. The third-order valence-electron chi connectivity index (χ3n) is 6.00. The number of carbonyl (C=O) groups is 2. The first-order chi connectivity index (χ1) is 14.1. The molecule has 1 aromatic heterocycles. The van der Waals surface area contributed by atoms with Gasteiger partial charge < -0.3 is 14.7 Å². The molecule has 2 aromatic rings. The number of hydrogen-bond donors (Lipinski definition) is 0. The molecule has 1 aromatic carbocycles. The van der Waals surface area contributed by atoms with E-state index in [1.54, 1.807) is 9.80 Å². The molecule has 6 heteroatoms. The minimum absolute atomic E-state index is 0.0103. The Morgan fingerprint density at radius 2 is 1.79 bits per heavy atom. The van der Waals surface area contributed by atoms with E-state index in [2.05, 4.69) is 23.1 Å². The van der Waals surface area contributed by atoms with Crippen molar-refractivity contribution in [1.29, 1.82) is 0 Å². The Kier molecular flexibility index (Phi) is 6.19. The van der Waals surface area contributed by atoms with Gasteiger partial charge in [-0.2, -0.15) is 0 Å². The summed E-state index contributed by atoms with van der Waals surface area (Å²) in [6.45, 7) is 3.40. The van der Waals surface area contributed by atoms with E-state index in [4.69, 9.17) is 0 Å². The summed E-state index contributed by atoms with van der Waals surface area (Å²) in [5.41, 5.74) is 2.41. The van der Waals surface area contributed by atoms with E-state index in [0.29, 0.717) is 18.0 Å². The third kappa shape index (κ3) is 4.32. The minimum atomic E-state index is -0.359. The fourth-order valence-corrected chi connectivity index (χ4v) is 5.15. The molecule has 29 heavy (non-hydrogen) atoms. The molecule has 2 aliphatic heterocycles. The first-order valence-corrected chi connectivity index (χ1v) is 11.5. The molecule has 3 heterocycles. The Morgan fingerprint density at radius 1 is 1.03 bits per heavy atom. The van der Waals surface area contributed by atoms with Gasteiger partial charge in [0.15, 0.2) is 0 Å². The van der Waals surface area contributed by atoms with Gasteiger partial charge in [-0.1, -0.05) is 24.3 Å². The molecule has 0 radical (unpaired) electrons. The molecule has 2 amide bonds. The second-order valence-corrected chi connectivity index (χ2v) is 8.95. The molecule has 0 bridgehead atoms. The Bertz CT molecular complexity index is 846. The van der Waals surface area contributed by atoms with Crippen molar-refractivity contribution in [2.75, 3.05) is 31.6 Å². The maximum absolute atomic E-state index is 13.3. The quantitative estimate of drug-likeness (QED) is 0.747. The number of rotatable bonds is 5. The molecular formula is C23H29N3O2S. The maximum atomic E-state index is 13.3. The molecule has 2 fully saturated rings. The van der Waals surface area contributed by atoms with E-state index in [-0.39, 0.29) is 17.9 Å². The van der Waals surface area contributed by atoms with E-state index in [1.807, 2.05) is 30.6 Å². The van der Waals surface area contributed by atoms with Gasteiger partial charge in [-0.15, -0.1) is 11.3 Å². The predicted molar refractivity (Wildman–Crippen MR) is 117 cm³/mol. The van der Waals surface area contributed by atoms with E-state index in [0.717, 1.165) is 32.4 Å². The lowest BCUT2D eigenvalue weighted by atomic mass is 10.00. The zero-order valence-corrected chi connectivity index (χ0v) is 17.9. The topological polar surface area (TPSA) is 43.9 Å². The normalized spacial score (nSPS) is 19.4. The number of likely N-dealkylation sites (tertiary alicyclic amines) is 1. The highest BCUT2D eigenvalue weighted by molar-refractivity contribution is 7.12. The summed E-state index contributed by atoms with van der Waals surface area (Å²) in [6.07, 6.45) is 5.15. The van der Waals surface area contributed by atoms with Gasteiger partial charge in [-0.25, -0.2) is 0 Å². The van der Waals surface area contributed by atoms with Crippen LogP contribution in [0.4, 0.5) is 5.69 Å². The second-order valence-electron chi connectivity index (χ2n) is 8.00. The van der Waals surface area contributed by atoms with Crippen molar-refractivity contribution in [3.05, 3.63) is 52.2 Å². The number of anilines is 1. The smallest absolute Gasteiger partial charge is 0.264 e. The summed E-state index contributed by atoms with van der Waals surface area (Å²) in [5.74, 6) is 0.0368. The van der Waals surface area contributed by atoms with Crippen LogP contribution in [0.5, 0.6) is 0 Å². The number of likely N-dealkylation sites (N-methyl/N-ethyl adjacent to an activating group) is 1. The lowest BCUT2D eigenvalue weighted by Crippen LogP contribution is -2.52. The molecule has 2 aliphatic rings. The highest BCUT2D eigenvalue weighted by Crippen LogP contribution is 2.27. The van der Waals surface area contributed by atoms with Gasteiger partial charge in [0.25, 0.3) is 5.91 Å². The van der Waals surface area contributed by atoms with Crippen molar-refractivity contribution in [2.24, 2.45) is 0 Å². The lowest BCUT2D eigenvalue weighted by Gasteiger charge is -2.37. The van der Waals surface area contributed by atoms with Crippen molar-refractivity contribution in [3.63, 3.8) is 0 Å². The highest BCUT2D eigenvalue weighted by Gasteiger charge is 2.34. The monoisotopic (exact) mass is 411 g/mol. The molecule has 0 spiro atoms. The van der Waals surface area contributed by atoms with Gasteiger partial charge in [0.1, 0.15) is 6.04 Å². The number of thiophene rings is 1. The van der Waals surface area contributed by atoms with Crippen LogP contribution in [0.1, 0.15) is 47.3 Å². The number of amides is 2. The first kappa shape index (κ1) is 20.0. The van der Waals surface area contributed by atoms with Crippen LogP contribution in [0.3, 0.4) is 0 Å². The number of hydrogen-bond acceptors (Lipinski definition) is 4. The van der Waals surface area contributed by atoms with Crippen LogP contribution in [-0.4, -0.2) is 54.3 Å². The number of piperidine rings is 1. The molecule has 0 saturated carbocycles. The van der Waals surface area contributed by atoms with Crippen LogP contribution >= 0.6 is 11.3 Å². The van der Waals surface area contributed by atoms with Crippen molar-refractivity contribution in [2.45, 2.75) is 44.7 Å². The van der Waals surface area contributed by atoms with Gasteiger partial charge >= 0.3 is 0 Å². The van der Waals surface area contributed by atoms with Gasteiger partial charge in [0, 0.05) is 38.9 Å². The Morgan fingerprint density at radius 3 is 2.55 bits per heavy atom.